The number of hydrogen-bond acceptors (Lipinski definition) is 4. The van der Waals surface area contributed by atoms with Crippen LogP contribution in [0.1, 0.15) is 40.2 Å². The second-order valence-corrected chi connectivity index (χ2v) is 7.34. The van der Waals surface area contributed by atoms with Gasteiger partial charge in [-0.1, -0.05) is 5.16 Å². The molecular weight excluding hydrogens is 321 g/mol. The van der Waals surface area contributed by atoms with Gasteiger partial charge in [-0.3, -0.25) is 4.79 Å². The first kappa shape index (κ1) is 16.3. The van der Waals surface area contributed by atoms with E-state index in [2.05, 4.69) is 17.1 Å². The van der Waals surface area contributed by atoms with Gasteiger partial charge < -0.3 is 14.3 Å². The molecule has 0 aliphatic carbocycles. The summed E-state index contributed by atoms with van der Waals surface area (Å²) in [6, 6.07) is 4.77. The molecule has 2 aromatic rings. The van der Waals surface area contributed by atoms with Crippen LogP contribution in [-0.4, -0.2) is 42.6 Å². The molecule has 3 heterocycles. The van der Waals surface area contributed by atoms with Gasteiger partial charge in [0.1, 0.15) is 17.1 Å². The minimum atomic E-state index is -0.247. The molecule has 1 aromatic carbocycles. The third-order valence-corrected chi connectivity index (χ3v) is 5.72. The fraction of sp³-hybridized carbons (Fsp3) is 0.474. The Morgan fingerprint density at radius 1 is 1.28 bits per heavy atom. The zero-order valence-corrected chi connectivity index (χ0v) is 14.8. The quantitative estimate of drug-likeness (QED) is 0.798. The minimum absolute atomic E-state index is 0.111. The second kappa shape index (κ2) is 5.66. The van der Waals surface area contributed by atoms with Crippen molar-refractivity contribution in [2.75, 3.05) is 31.6 Å². The average Bonchev–Trinajstić information content (AvgIpc) is 3.08. The van der Waals surface area contributed by atoms with E-state index in [1.54, 1.807) is 30.9 Å². The molecule has 0 atom stereocenters. The summed E-state index contributed by atoms with van der Waals surface area (Å²) in [6.07, 6.45) is 1.84. The molecule has 0 saturated carbocycles. The van der Waals surface area contributed by atoms with Crippen molar-refractivity contribution in [3.63, 3.8) is 0 Å². The van der Waals surface area contributed by atoms with E-state index in [9.17, 15) is 9.18 Å². The van der Waals surface area contributed by atoms with Crippen LogP contribution in [0.2, 0.25) is 0 Å². The summed E-state index contributed by atoms with van der Waals surface area (Å²) >= 11 is 0. The maximum absolute atomic E-state index is 14.0. The summed E-state index contributed by atoms with van der Waals surface area (Å²) in [6.45, 7) is 6.01. The van der Waals surface area contributed by atoms with Crippen LogP contribution in [0.25, 0.3) is 0 Å². The first-order valence-electron chi connectivity index (χ1n) is 8.65. The van der Waals surface area contributed by atoms with Crippen molar-refractivity contribution in [3.8, 4) is 0 Å². The normalized spacial score (nSPS) is 19.4. The highest BCUT2D eigenvalue weighted by Crippen LogP contribution is 2.47. The summed E-state index contributed by atoms with van der Waals surface area (Å²) in [4.78, 5) is 17.3. The van der Waals surface area contributed by atoms with E-state index in [0.29, 0.717) is 23.6 Å². The number of amides is 1. The lowest BCUT2D eigenvalue weighted by atomic mass is 9.74. The first-order valence-corrected chi connectivity index (χ1v) is 8.65. The molecule has 6 heteroatoms. The topological polar surface area (TPSA) is 49.6 Å². The summed E-state index contributed by atoms with van der Waals surface area (Å²) < 4.78 is 19.1. The van der Waals surface area contributed by atoms with E-state index in [0.717, 1.165) is 37.2 Å². The largest absolute Gasteiger partial charge is 0.361 e. The maximum Gasteiger partial charge on any atom is 0.263 e. The van der Waals surface area contributed by atoms with Crippen LogP contribution in [0, 0.1) is 19.7 Å². The van der Waals surface area contributed by atoms with Crippen molar-refractivity contribution in [1.82, 2.24) is 10.1 Å². The van der Waals surface area contributed by atoms with Gasteiger partial charge in [0.25, 0.3) is 5.91 Å². The van der Waals surface area contributed by atoms with E-state index in [-0.39, 0.29) is 17.1 Å². The Morgan fingerprint density at radius 2 is 2.00 bits per heavy atom. The van der Waals surface area contributed by atoms with Gasteiger partial charge >= 0.3 is 0 Å². The van der Waals surface area contributed by atoms with Crippen molar-refractivity contribution in [3.05, 3.63) is 46.6 Å². The lowest BCUT2D eigenvalue weighted by molar-refractivity contribution is 0.0977. The number of carbonyl (C=O) groups excluding carboxylic acids is 1. The number of benzene rings is 1. The third-order valence-electron chi connectivity index (χ3n) is 5.72. The highest BCUT2D eigenvalue weighted by Gasteiger charge is 2.46. The summed E-state index contributed by atoms with van der Waals surface area (Å²) in [5.41, 5.74) is 2.71. The molecule has 25 heavy (non-hydrogen) atoms. The first-order chi connectivity index (χ1) is 11.9. The van der Waals surface area contributed by atoms with Gasteiger partial charge in [0.2, 0.25) is 0 Å². The number of fused-ring (bicyclic) bond motifs is 2. The molecule has 1 saturated heterocycles. The highest BCUT2D eigenvalue weighted by atomic mass is 19.1. The standard InChI is InChI=1S/C19H22FN3O2/c1-12-17(13(2)25-21-12)18(24)23-11-19(6-8-22(3)9-7-19)15-10-14(20)4-5-16(15)23/h4-5,10H,6-9,11H2,1-3H3. The lowest BCUT2D eigenvalue weighted by Crippen LogP contribution is -2.45. The molecule has 0 N–H and O–H groups in total. The zero-order chi connectivity index (χ0) is 17.8. The van der Waals surface area contributed by atoms with Crippen molar-refractivity contribution in [2.45, 2.75) is 32.1 Å². The summed E-state index contributed by atoms with van der Waals surface area (Å²) in [5.74, 6) is 0.166. The molecule has 1 spiro atoms. The number of likely N-dealkylation sites (tertiary alicyclic amines) is 1. The molecule has 0 unspecified atom stereocenters. The van der Waals surface area contributed by atoms with E-state index in [4.69, 9.17) is 4.52 Å². The molecule has 5 nitrogen and oxygen atoms in total. The van der Waals surface area contributed by atoms with Gasteiger partial charge in [-0.05, 0) is 70.6 Å². The number of halogens is 1. The summed E-state index contributed by atoms with van der Waals surface area (Å²) in [5, 5.41) is 3.90. The van der Waals surface area contributed by atoms with Crippen LogP contribution in [0.4, 0.5) is 10.1 Å². The van der Waals surface area contributed by atoms with Crippen LogP contribution in [0.3, 0.4) is 0 Å². The van der Waals surface area contributed by atoms with Crippen LogP contribution in [0.15, 0.2) is 22.7 Å². The van der Waals surface area contributed by atoms with Gasteiger partial charge in [-0.2, -0.15) is 0 Å². The molecule has 1 aromatic heterocycles. The molecular formula is C19H22FN3O2. The Hall–Kier alpha value is -2.21. The number of hydrogen-bond donors (Lipinski definition) is 0. The fourth-order valence-corrected chi connectivity index (χ4v) is 4.22. The zero-order valence-electron chi connectivity index (χ0n) is 14.8. The number of piperidine rings is 1. The molecule has 2 aliphatic rings. The fourth-order valence-electron chi connectivity index (χ4n) is 4.22. The predicted octanol–water partition coefficient (Wildman–Crippen LogP) is 3.05. The molecule has 1 fully saturated rings. The Kier molecular flexibility index (Phi) is 3.68. The average molecular weight is 343 g/mol. The van der Waals surface area contributed by atoms with Gasteiger partial charge in [0, 0.05) is 17.6 Å². The van der Waals surface area contributed by atoms with Crippen LogP contribution < -0.4 is 4.90 Å². The number of anilines is 1. The van der Waals surface area contributed by atoms with Crippen molar-refractivity contribution in [1.29, 1.82) is 0 Å². The maximum atomic E-state index is 14.0. The van der Waals surface area contributed by atoms with Crippen molar-refractivity contribution >= 4 is 11.6 Å². The number of aryl methyl sites for hydroxylation is 2. The van der Waals surface area contributed by atoms with Gasteiger partial charge in [0.15, 0.2) is 0 Å². The summed E-state index contributed by atoms with van der Waals surface area (Å²) in [7, 11) is 2.10. The number of rotatable bonds is 1. The Balaban J connectivity index is 1.78. The number of carbonyl (C=O) groups is 1. The molecule has 2 aliphatic heterocycles. The van der Waals surface area contributed by atoms with E-state index < -0.39 is 0 Å². The second-order valence-electron chi connectivity index (χ2n) is 7.34. The van der Waals surface area contributed by atoms with E-state index in [1.165, 1.54) is 6.07 Å². The third kappa shape index (κ3) is 2.47. The van der Waals surface area contributed by atoms with Gasteiger partial charge in [-0.25, -0.2) is 4.39 Å². The Labute approximate surface area is 146 Å². The molecule has 0 radical (unpaired) electrons. The molecule has 132 valence electrons. The van der Waals surface area contributed by atoms with Crippen LogP contribution >= 0.6 is 0 Å². The smallest absolute Gasteiger partial charge is 0.263 e. The Bertz CT molecular complexity index is 818. The van der Waals surface area contributed by atoms with Gasteiger partial charge in [0.05, 0.1) is 5.69 Å². The molecule has 4 rings (SSSR count). The lowest BCUT2D eigenvalue weighted by Gasteiger charge is -2.38. The van der Waals surface area contributed by atoms with Crippen LogP contribution in [0.5, 0.6) is 0 Å². The number of nitrogens with zero attached hydrogens (tertiary/aromatic N) is 3. The van der Waals surface area contributed by atoms with Crippen molar-refractivity contribution in [2.24, 2.45) is 0 Å². The molecule has 0 bridgehead atoms. The SMILES string of the molecule is Cc1noc(C)c1C(=O)N1CC2(CCN(C)CC2)c2cc(F)ccc21. The van der Waals surface area contributed by atoms with E-state index >= 15 is 0 Å². The van der Waals surface area contributed by atoms with Gasteiger partial charge in [-0.15, -0.1) is 0 Å². The Morgan fingerprint density at radius 3 is 2.64 bits per heavy atom. The van der Waals surface area contributed by atoms with E-state index in [1.807, 2.05) is 0 Å². The van der Waals surface area contributed by atoms with Crippen molar-refractivity contribution < 1.29 is 13.7 Å². The highest BCUT2D eigenvalue weighted by molar-refractivity contribution is 6.09. The number of aromatic nitrogens is 1. The minimum Gasteiger partial charge on any atom is -0.361 e. The predicted molar refractivity (Wildman–Crippen MR) is 92.5 cm³/mol. The molecule has 1 amide bonds. The van der Waals surface area contributed by atoms with Crippen LogP contribution in [-0.2, 0) is 5.41 Å². The monoisotopic (exact) mass is 343 g/mol.